The fourth-order valence-electron chi connectivity index (χ4n) is 4.93. The molecule has 1 unspecified atom stereocenters. The van der Waals surface area contributed by atoms with E-state index in [1.54, 1.807) is 35.5 Å². The maximum atomic E-state index is 15.0. The molecule has 4 aromatic rings. The highest BCUT2D eigenvalue weighted by Crippen LogP contribution is 2.34. The van der Waals surface area contributed by atoms with Crippen LogP contribution >= 0.6 is 11.6 Å². The van der Waals surface area contributed by atoms with Crippen molar-refractivity contribution in [2.45, 2.75) is 38.8 Å². The molecule has 5 rings (SSSR count). The molecule has 9 heteroatoms. The van der Waals surface area contributed by atoms with Gasteiger partial charge in [0, 0.05) is 60.6 Å². The summed E-state index contributed by atoms with van der Waals surface area (Å²) in [7, 11) is 0. The molecule has 1 aliphatic rings. The van der Waals surface area contributed by atoms with Crippen molar-refractivity contribution in [3.05, 3.63) is 99.5 Å². The van der Waals surface area contributed by atoms with Crippen LogP contribution in [0.3, 0.4) is 0 Å². The summed E-state index contributed by atoms with van der Waals surface area (Å²) in [5.74, 6) is -1.25. The largest absolute Gasteiger partial charge is 0.360 e. The summed E-state index contributed by atoms with van der Waals surface area (Å²) >= 11 is 6.12. The van der Waals surface area contributed by atoms with E-state index >= 15 is 0 Å². The molecule has 0 spiro atoms. The molecule has 2 aromatic heterocycles. The van der Waals surface area contributed by atoms with Crippen LogP contribution < -0.4 is 5.32 Å². The van der Waals surface area contributed by atoms with Gasteiger partial charge < -0.3 is 15.2 Å². The lowest BCUT2D eigenvalue weighted by Crippen LogP contribution is -2.28. The van der Waals surface area contributed by atoms with Crippen molar-refractivity contribution in [3.8, 4) is 0 Å². The van der Waals surface area contributed by atoms with Gasteiger partial charge in [0.2, 0.25) is 5.91 Å². The standard InChI is InChI=1S/C28H25ClF2N4O2/c1-16(36)35-6-2-3-27(35)21-5-4-17(9-25(21)31)7-18-8-20(13-32-12-18)28(37)34-14-19-10-22-23(29)15-33-26(22)11-24(19)30/h4-5,8-13,15,27,33H,2-3,6-7,14H2,1H3,(H,34,37). The molecule has 2 N–H and O–H groups in total. The average Bonchev–Trinajstić information content (AvgIpc) is 3.50. The Morgan fingerprint density at radius 1 is 1.14 bits per heavy atom. The van der Waals surface area contributed by atoms with E-state index in [0.29, 0.717) is 45.6 Å². The number of H-pyrrole nitrogens is 1. The van der Waals surface area contributed by atoms with Crippen molar-refractivity contribution in [1.29, 1.82) is 0 Å². The third kappa shape index (κ3) is 5.20. The third-order valence-electron chi connectivity index (χ3n) is 6.78. The Bertz CT molecular complexity index is 1500. The highest BCUT2D eigenvalue weighted by atomic mass is 35.5. The van der Waals surface area contributed by atoms with Crippen LogP contribution in [0.4, 0.5) is 8.78 Å². The van der Waals surface area contributed by atoms with E-state index in [2.05, 4.69) is 15.3 Å². The highest BCUT2D eigenvalue weighted by molar-refractivity contribution is 6.35. The number of halogens is 3. The van der Waals surface area contributed by atoms with E-state index in [1.807, 2.05) is 6.07 Å². The van der Waals surface area contributed by atoms with E-state index in [4.69, 9.17) is 11.6 Å². The number of hydrogen-bond acceptors (Lipinski definition) is 3. The maximum Gasteiger partial charge on any atom is 0.253 e. The van der Waals surface area contributed by atoms with Crippen molar-refractivity contribution in [1.82, 2.24) is 20.2 Å². The number of nitrogens with zero attached hydrogens (tertiary/aromatic N) is 2. The summed E-state index contributed by atoms with van der Waals surface area (Å²) in [4.78, 5) is 33.4. The summed E-state index contributed by atoms with van der Waals surface area (Å²) in [5, 5.41) is 3.87. The number of benzene rings is 2. The van der Waals surface area contributed by atoms with Gasteiger partial charge in [-0.15, -0.1) is 0 Å². The minimum Gasteiger partial charge on any atom is -0.360 e. The Hall–Kier alpha value is -3.78. The van der Waals surface area contributed by atoms with Gasteiger partial charge in [0.05, 0.1) is 16.6 Å². The average molecular weight is 523 g/mol. The van der Waals surface area contributed by atoms with Crippen LogP contribution in [0.5, 0.6) is 0 Å². The van der Waals surface area contributed by atoms with E-state index in [9.17, 15) is 18.4 Å². The zero-order valence-corrected chi connectivity index (χ0v) is 20.9. The molecule has 37 heavy (non-hydrogen) atoms. The number of amides is 2. The molecule has 1 aliphatic heterocycles. The van der Waals surface area contributed by atoms with Crippen molar-refractivity contribution in [3.63, 3.8) is 0 Å². The zero-order valence-electron chi connectivity index (χ0n) is 20.2. The maximum absolute atomic E-state index is 15.0. The van der Waals surface area contributed by atoms with Crippen molar-refractivity contribution in [2.24, 2.45) is 0 Å². The molecule has 190 valence electrons. The van der Waals surface area contributed by atoms with E-state index < -0.39 is 11.7 Å². The molecular weight excluding hydrogens is 498 g/mol. The Labute approximate surface area is 217 Å². The van der Waals surface area contributed by atoms with E-state index in [-0.39, 0.29) is 24.3 Å². The van der Waals surface area contributed by atoms with Gasteiger partial charge in [-0.3, -0.25) is 14.6 Å². The second-order valence-corrected chi connectivity index (χ2v) is 9.70. The van der Waals surface area contributed by atoms with Crippen LogP contribution in [-0.4, -0.2) is 33.2 Å². The molecule has 6 nitrogen and oxygen atoms in total. The van der Waals surface area contributed by atoms with Crippen LogP contribution in [0.1, 0.15) is 58.4 Å². The first-order valence-corrected chi connectivity index (χ1v) is 12.4. The predicted octanol–water partition coefficient (Wildman–Crippen LogP) is 5.70. The summed E-state index contributed by atoms with van der Waals surface area (Å²) in [6.07, 6.45) is 6.61. The summed E-state index contributed by atoms with van der Waals surface area (Å²) < 4.78 is 29.4. The van der Waals surface area contributed by atoms with Gasteiger partial charge in [-0.05, 0) is 54.7 Å². The number of aromatic amines is 1. The van der Waals surface area contributed by atoms with Gasteiger partial charge >= 0.3 is 0 Å². The number of aromatic nitrogens is 2. The fourth-order valence-corrected chi connectivity index (χ4v) is 5.14. The molecule has 0 bridgehead atoms. The van der Waals surface area contributed by atoms with Crippen LogP contribution in [0.15, 0.2) is 55.0 Å². The molecule has 0 aliphatic carbocycles. The van der Waals surface area contributed by atoms with Gasteiger partial charge in [0.15, 0.2) is 0 Å². The number of nitrogens with one attached hydrogen (secondary N) is 2. The van der Waals surface area contributed by atoms with Gasteiger partial charge in [0.1, 0.15) is 11.6 Å². The number of fused-ring (bicyclic) bond motifs is 1. The lowest BCUT2D eigenvalue weighted by molar-refractivity contribution is -0.129. The molecule has 1 fully saturated rings. The van der Waals surface area contributed by atoms with Crippen LogP contribution in [0, 0.1) is 11.6 Å². The number of rotatable bonds is 6. The molecule has 3 heterocycles. The molecule has 0 saturated carbocycles. The number of likely N-dealkylation sites (tertiary alicyclic amines) is 1. The molecule has 2 amide bonds. The predicted molar refractivity (Wildman–Crippen MR) is 137 cm³/mol. The first-order valence-electron chi connectivity index (χ1n) is 12.0. The molecular formula is C28H25ClF2N4O2. The zero-order chi connectivity index (χ0) is 26.1. The number of carbonyl (C=O) groups is 2. The van der Waals surface area contributed by atoms with Crippen molar-refractivity contribution < 1.29 is 18.4 Å². The SMILES string of the molecule is CC(=O)N1CCCC1c1ccc(Cc2cncc(C(=O)NCc3cc4c(Cl)c[nH]c4cc3F)c2)cc1F. The molecule has 0 radical (unpaired) electrons. The van der Waals surface area contributed by atoms with Crippen LogP contribution in [-0.2, 0) is 17.8 Å². The minimum absolute atomic E-state index is 0.0164. The smallest absolute Gasteiger partial charge is 0.253 e. The number of carbonyl (C=O) groups excluding carboxylic acids is 2. The topological polar surface area (TPSA) is 78.1 Å². The second kappa shape index (κ2) is 10.3. The first kappa shape index (κ1) is 24.9. The Morgan fingerprint density at radius 3 is 2.76 bits per heavy atom. The monoisotopic (exact) mass is 522 g/mol. The van der Waals surface area contributed by atoms with Gasteiger partial charge in [-0.1, -0.05) is 23.7 Å². The van der Waals surface area contributed by atoms with Crippen molar-refractivity contribution in [2.75, 3.05) is 6.54 Å². The van der Waals surface area contributed by atoms with E-state index in [1.165, 1.54) is 25.3 Å². The lowest BCUT2D eigenvalue weighted by atomic mass is 9.99. The number of hydrogen-bond donors (Lipinski definition) is 2. The molecule has 1 saturated heterocycles. The normalized spacial score (nSPS) is 15.4. The third-order valence-corrected chi connectivity index (χ3v) is 7.10. The lowest BCUT2D eigenvalue weighted by Gasteiger charge is -2.24. The molecule has 1 atom stereocenters. The van der Waals surface area contributed by atoms with E-state index in [0.717, 1.165) is 24.0 Å². The van der Waals surface area contributed by atoms with Gasteiger partial charge in [-0.2, -0.15) is 0 Å². The minimum atomic E-state index is -0.451. The second-order valence-electron chi connectivity index (χ2n) is 9.29. The quantitative estimate of drug-likeness (QED) is 0.341. The molecule has 2 aromatic carbocycles. The Morgan fingerprint density at radius 2 is 1.97 bits per heavy atom. The van der Waals surface area contributed by atoms with Crippen LogP contribution in [0.25, 0.3) is 10.9 Å². The summed E-state index contributed by atoms with van der Waals surface area (Å²) in [6, 6.07) is 9.46. The van der Waals surface area contributed by atoms with Gasteiger partial charge in [0.25, 0.3) is 5.91 Å². The van der Waals surface area contributed by atoms with Crippen molar-refractivity contribution >= 4 is 34.3 Å². The van der Waals surface area contributed by atoms with Crippen LogP contribution in [0.2, 0.25) is 5.02 Å². The Kier molecular flexibility index (Phi) is 6.93. The summed E-state index contributed by atoms with van der Waals surface area (Å²) in [6.45, 7) is 2.13. The first-order chi connectivity index (χ1) is 17.8. The fraction of sp³-hybridized carbons (Fsp3) is 0.250. The summed E-state index contributed by atoms with van der Waals surface area (Å²) in [5.41, 5.74) is 3.20. The Balaban J connectivity index is 1.27. The number of pyridine rings is 1. The highest BCUT2D eigenvalue weighted by Gasteiger charge is 2.29. The van der Waals surface area contributed by atoms with Gasteiger partial charge in [-0.25, -0.2) is 8.78 Å².